The van der Waals surface area contributed by atoms with Crippen molar-refractivity contribution in [3.63, 3.8) is 0 Å². The first-order chi connectivity index (χ1) is 8.27. The Balaban J connectivity index is 1.95. The van der Waals surface area contributed by atoms with Gasteiger partial charge in [-0.3, -0.25) is 4.98 Å². The van der Waals surface area contributed by atoms with Gasteiger partial charge in [-0.05, 0) is 30.7 Å². The highest BCUT2D eigenvalue weighted by Crippen LogP contribution is 2.25. The maximum Gasteiger partial charge on any atom is 0.145 e. The molecule has 0 amide bonds. The summed E-state index contributed by atoms with van der Waals surface area (Å²) >= 11 is 0. The van der Waals surface area contributed by atoms with E-state index in [2.05, 4.69) is 4.98 Å². The van der Waals surface area contributed by atoms with Crippen molar-refractivity contribution in [2.75, 3.05) is 12.3 Å². The maximum atomic E-state index is 5.86. The van der Waals surface area contributed by atoms with Crippen LogP contribution in [-0.2, 0) is 6.42 Å². The number of benzene rings is 1. The van der Waals surface area contributed by atoms with Crippen molar-refractivity contribution in [2.24, 2.45) is 0 Å². The third kappa shape index (κ3) is 2.97. The van der Waals surface area contributed by atoms with Crippen molar-refractivity contribution < 1.29 is 4.74 Å². The van der Waals surface area contributed by atoms with Crippen molar-refractivity contribution in [3.8, 4) is 5.75 Å². The first-order valence-corrected chi connectivity index (χ1v) is 5.65. The fraction of sp³-hybridized carbons (Fsp3) is 0.214. The van der Waals surface area contributed by atoms with Gasteiger partial charge in [0, 0.05) is 18.3 Å². The number of para-hydroxylation sites is 1. The summed E-state index contributed by atoms with van der Waals surface area (Å²) < 4.78 is 5.71. The molecule has 88 valence electrons. The SMILES string of the molecule is Cc1cccc(N)c1OCCc1ccccn1. The number of anilines is 1. The lowest BCUT2D eigenvalue weighted by Crippen LogP contribution is -2.05. The topological polar surface area (TPSA) is 48.1 Å². The Hall–Kier alpha value is -2.03. The molecule has 2 rings (SSSR count). The second-order valence-corrected chi connectivity index (χ2v) is 3.91. The summed E-state index contributed by atoms with van der Waals surface area (Å²) in [6.45, 7) is 2.58. The van der Waals surface area contributed by atoms with Crippen LogP contribution < -0.4 is 10.5 Å². The van der Waals surface area contributed by atoms with Crippen LogP contribution in [-0.4, -0.2) is 11.6 Å². The van der Waals surface area contributed by atoms with Crippen molar-refractivity contribution >= 4 is 5.69 Å². The fourth-order valence-electron chi connectivity index (χ4n) is 1.68. The molecular weight excluding hydrogens is 212 g/mol. The number of ether oxygens (including phenoxy) is 1. The van der Waals surface area contributed by atoms with Crippen molar-refractivity contribution in [2.45, 2.75) is 13.3 Å². The van der Waals surface area contributed by atoms with Crippen LogP contribution in [0.15, 0.2) is 42.6 Å². The monoisotopic (exact) mass is 228 g/mol. The van der Waals surface area contributed by atoms with E-state index in [1.807, 2.05) is 43.3 Å². The summed E-state index contributed by atoms with van der Waals surface area (Å²) in [5.41, 5.74) is 8.63. The van der Waals surface area contributed by atoms with E-state index < -0.39 is 0 Å². The molecule has 2 N–H and O–H groups in total. The minimum Gasteiger partial charge on any atom is -0.491 e. The minimum atomic E-state index is 0.589. The highest BCUT2D eigenvalue weighted by Gasteiger charge is 2.03. The molecule has 3 heteroatoms. The van der Waals surface area contributed by atoms with Gasteiger partial charge >= 0.3 is 0 Å². The first kappa shape index (κ1) is 11.5. The Morgan fingerprint density at radius 1 is 1.18 bits per heavy atom. The van der Waals surface area contributed by atoms with E-state index in [9.17, 15) is 0 Å². The van der Waals surface area contributed by atoms with Gasteiger partial charge in [0.25, 0.3) is 0 Å². The molecule has 17 heavy (non-hydrogen) atoms. The molecule has 0 saturated heterocycles. The third-order valence-electron chi connectivity index (χ3n) is 2.57. The minimum absolute atomic E-state index is 0.589. The van der Waals surface area contributed by atoms with Gasteiger partial charge in [-0.25, -0.2) is 0 Å². The third-order valence-corrected chi connectivity index (χ3v) is 2.57. The normalized spacial score (nSPS) is 10.2. The standard InChI is InChI=1S/C14H16N2O/c1-11-5-4-7-13(15)14(11)17-10-8-12-6-2-3-9-16-12/h2-7,9H,8,10,15H2,1H3. The molecule has 0 unspecified atom stereocenters. The van der Waals surface area contributed by atoms with E-state index in [0.29, 0.717) is 12.3 Å². The lowest BCUT2D eigenvalue weighted by molar-refractivity contribution is 0.320. The lowest BCUT2D eigenvalue weighted by Gasteiger charge is -2.11. The number of aryl methyl sites for hydroxylation is 1. The molecule has 3 nitrogen and oxygen atoms in total. The van der Waals surface area contributed by atoms with E-state index in [1.54, 1.807) is 6.20 Å². The van der Waals surface area contributed by atoms with Crippen molar-refractivity contribution in [1.29, 1.82) is 0 Å². The number of hydrogen-bond donors (Lipinski definition) is 1. The van der Waals surface area contributed by atoms with Gasteiger partial charge in [-0.1, -0.05) is 18.2 Å². The van der Waals surface area contributed by atoms with Crippen LogP contribution in [0.5, 0.6) is 5.75 Å². The smallest absolute Gasteiger partial charge is 0.145 e. The second kappa shape index (κ2) is 5.34. The van der Waals surface area contributed by atoms with Crippen LogP contribution in [0, 0.1) is 6.92 Å². The lowest BCUT2D eigenvalue weighted by atomic mass is 10.2. The number of pyridine rings is 1. The van der Waals surface area contributed by atoms with Crippen LogP contribution in [0.1, 0.15) is 11.3 Å². The largest absolute Gasteiger partial charge is 0.491 e. The number of nitrogens with zero attached hydrogens (tertiary/aromatic N) is 1. The molecule has 0 aliphatic carbocycles. The number of nitrogen functional groups attached to an aromatic ring is 1. The van der Waals surface area contributed by atoms with Crippen LogP contribution in [0.4, 0.5) is 5.69 Å². The summed E-state index contributed by atoms with van der Waals surface area (Å²) in [6, 6.07) is 11.6. The average Bonchev–Trinajstić information content (AvgIpc) is 2.34. The van der Waals surface area contributed by atoms with Gasteiger partial charge in [-0.15, -0.1) is 0 Å². The summed E-state index contributed by atoms with van der Waals surface area (Å²) in [5.74, 6) is 0.781. The number of rotatable bonds is 4. The Kier molecular flexibility index (Phi) is 3.60. The van der Waals surface area contributed by atoms with Gasteiger partial charge in [0.15, 0.2) is 0 Å². The maximum absolute atomic E-state index is 5.86. The van der Waals surface area contributed by atoms with Gasteiger partial charge < -0.3 is 10.5 Å². The molecule has 0 aliphatic rings. The van der Waals surface area contributed by atoms with Crippen LogP contribution in [0.2, 0.25) is 0 Å². The summed E-state index contributed by atoms with van der Waals surface area (Å²) in [5, 5.41) is 0. The predicted octanol–water partition coefficient (Wildman–Crippen LogP) is 2.59. The van der Waals surface area contributed by atoms with E-state index in [-0.39, 0.29) is 0 Å². The number of aromatic nitrogens is 1. The van der Waals surface area contributed by atoms with E-state index >= 15 is 0 Å². The van der Waals surface area contributed by atoms with Crippen molar-refractivity contribution in [1.82, 2.24) is 4.98 Å². The molecule has 2 aromatic rings. The number of hydrogen-bond acceptors (Lipinski definition) is 3. The first-order valence-electron chi connectivity index (χ1n) is 5.65. The van der Waals surface area contributed by atoms with Crippen LogP contribution in [0.3, 0.4) is 0 Å². The Labute approximate surface area is 101 Å². The van der Waals surface area contributed by atoms with Crippen molar-refractivity contribution in [3.05, 3.63) is 53.9 Å². The van der Waals surface area contributed by atoms with Gasteiger partial charge in [0.05, 0.1) is 12.3 Å². The molecule has 0 fully saturated rings. The second-order valence-electron chi connectivity index (χ2n) is 3.91. The van der Waals surface area contributed by atoms with Gasteiger partial charge in [0.1, 0.15) is 5.75 Å². The van der Waals surface area contributed by atoms with Gasteiger partial charge in [-0.2, -0.15) is 0 Å². The van der Waals surface area contributed by atoms with E-state index in [4.69, 9.17) is 10.5 Å². The summed E-state index contributed by atoms with van der Waals surface area (Å²) in [7, 11) is 0. The summed E-state index contributed by atoms with van der Waals surface area (Å²) in [4.78, 5) is 4.24. The number of nitrogens with two attached hydrogens (primary N) is 1. The predicted molar refractivity (Wildman–Crippen MR) is 69.0 cm³/mol. The molecule has 1 aromatic heterocycles. The molecule has 0 bridgehead atoms. The molecule has 0 saturated carbocycles. The molecule has 0 spiro atoms. The molecule has 0 atom stereocenters. The quantitative estimate of drug-likeness (QED) is 0.818. The average molecular weight is 228 g/mol. The molecule has 1 heterocycles. The molecular formula is C14H16N2O. The zero-order valence-electron chi connectivity index (χ0n) is 9.89. The van der Waals surface area contributed by atoms with Crippen LogP contribution >= 0.6 is 0 Å². The van der Waals surface area contributed by atoms with E-state index in [0.717, 1.165) is 23.4 Å². The molecule has 1 aromatic carbocycles. The zero-order valence-corrected chi connectivity index (χ0v) is 9.89. The fourth-order valence-corrected chi connectivity index (χ4v) is 1.68. The zero-order chi connectivity index (χ0) is 12.1. The highest BCUT2D eigenvalue weighted by atomic mass is 16.5. The Bertz CT molecular complexity index is 463. The Morgan fingerprint density at radius 2 is 2.06 bits per heavy atom. The van der Waals surface area contributed by atoms with Gasteiger partial charge in [0.2, 0.25) is 0 Å². The summed E-state index contributed by atoms with van der Waals surface area (Å²) in [6.07, 6.45) is 2.58. The highest BCUT2D eigenvalue weighted by molar-refractivity contribution is 5.56. The van der Waals surface area contributed by atoms with Crippen LogP contribution in [0.25, 0.3) is 0 Å². The molecule has 0 aliphatic heterocycles. The van der Waals surface area contributed by atoms with E-state index in [1.165, 1.54) is 0 Å². The Morgan fingerprint density at radius 3 is 2.76 bits per heavy atom. The molecule has 0 radical (unpaired) electrons.